The Kier molecular flexibility index (Phi) is 7.87. The number of rotatable bonds is 9. The molecule has 2 rings (SSSR count). The Balaban J connectivity index is 1.88. The Labute approximate surface area is 166 Å². The molecule has 2 aromatic rings. The van der Waals surface area contributed by atoms with Gasteiger partial charge in [-0.1, -0.05) is 6.07 Å². The van der Waals surface area contributed by atoms with Crippen molar-refractivity contribution in [2.75, 3.05) is 30.3 Å². The summed E-state index contributed by atoms with van der Waals surface area (Å²) in [7, 11) is 0. The summed E-state index contributed by atoms with van der Waals surface area (Å²) in [5.74, 6) is 0.567. The minimum atomic E-state index is -0.162. The molecule has 0 aliphatic heterocycles. The van der Waals surface area contributed by atoms with E-state index < -0.39 is 0 Å². The van der Waals surface area contributed by atoms with Gasteiger partial charge in [0.15, 0.2) is 0 Å². The number of amides is 2. The van der Waals surface area contributed by atoms with Gasteiger partial charge in [-0.25, -0.2) is 0 Å². The molecule has 0 aromatic heterocycles. The molecular weight excluding hydrogens is 354 g/mol. The number of carbonyl (C=O) groups excluding carboxylic acids is 2. The van der Waals surface area contributed by atoms with Crippen LogP contribution >= 0.6 is 0 Å². The zero-order chi connectivity index (χ0) is 20.5. The molecule has 6 heteroatoms. The quantitative estimate of drug-likeness (QED) is 0.686. The van der Waals surface area contributed by atoms with Crippen molar-refractivity contribution < 1.29 is 14.3 Å². The molecule has 0 radical (unpaired) electrons. The largest absolute Gasteiger partial charge is 0.491 e. The predicted molar refractivity (Wildman–Crippen MR) is 113 cm³/mol. The molecule has 0 heterocycles. The van der Waals surface area contributed by atoms with Gasteiger partial charge >= 0.3 is 0 Å². The summed E-state index contributed by atoms with van der Waals surface area (Å²) < 4.78 is 5.63. The molecule has 0 aliphatic rings. The average molecular weight is 383 g/mol. The lowest BCUT2D eigenvalue weighted by atomic mass is 10.1. The van der Waals surface area contributed by atoms with Gasteiger partial charge in [0.25, 0.3) is 5.91 Å². The smallest absolute Gasteiger partial charge is 0.253 e. The van der Waals surface area contributed by atoms with Gasteiger partial charge in [-0.15, -0.1) is 0 Å². The summed E-state index contributed by atoms with van der Waals surface area (Å²) in [6, 6.07) is 14.5. The van der Waals surface area contributed by atoms with E-state index in [1.807, 2.05) is 45.9 Å². The lowest BCUT2D eigenvalue weighted by molar-refractivity contribution is -0.114. The van der Waals surface area contributed by atoms with Crippen LogP contribution in [0.15, 0.2) is 48.5 Å². The maximum absolute atomic E-state index is 12.3. The molecule has 0 atom stereocenters. The van der Waals surface area contributed by atoms with Crippen LogP contribution in [0.1, 0.15) is 38.1 Å². The number of anilines is 2. The molecule has 0 saturated carbocycles. The number of benzene rings is 2. The van der Waals surface area contributed by atoms with Crippen molar-refractivity contribution in [3.8, 4) is 5.75 Å². The highest BCUT2D eigenvalue weighted by molar-refractivity contribution is 5.95. The van der Waals surface area contributed by atoms with Crippen LogP contribution in [0, 0.1) is 0 Å². The van der Waals surface area contributed by atoms with Crippen LogP contribution in [0.5, 0.6) is 5.75 Å². The molecule has 0 spiro atoms. The fraction of sp³-hybridized carbons (Fsp3) is 0.364. The van der Waals surface area contributed by atoms with Crippen molar-refractivity contribution in [1.82, 2.24) is 4.90 Å². The molecule has 0 fully saturated rings. The summed E-state index contributed by atoms with van der Waals surface area (Å²) in [6.45, 7) is 9.31. The Morgan fingerprint density at radius 2 is 1.68 bits per heavy atom. The van der Waals surface area contributed by atoms with Gasteiger partial charge in [-0.2, -0.15) is 0 Å². The topological polar surface area (TPSA) is 70.7 Å². The van der Waals surface area contributed by atoms with Crippen LogP contribution < -0.4 is 15.4 Å². The minimum absolute atomic E-state index is 0.0118. The van der Waals surface area contributed by atoms with Gasteiger partial charge in [0.2, 0.25) is 5.91 Å². The summed E-state index contributed by atoms with van der Waals surface area (Å²) >= 11 is 0. The number of hydrogen-bond donors (Lipinski definition) is 2. The van der Waals surface area contributed by atoms with E-state index in [0.717, 1.165) is 5.69 Å². The zero-order valence-corrected chi connectivity index (χ0v) is 17.0. The van der Waals surface area contributed by atoms with Crippen LogP contribution in [0.2, 0.25) is 0 Å². The van der Waals surface area contributed by atoms with Gasteiger partial charge in [-0.05, 0) is 64.1 Å². The van der Waals surface area contributed by atoms with Gasteiger partial charge < -0.3 is 20.3 Å². The van der Waals surface area contributed by atoms with Crippen LogP contribution in [-0.4, -0.2) is 42.5 Å². The van der Waals surface area contributed by atoms with Crippen molar-refractivity contribution in [2.45, 2.75) is 33.8 Å². The van der Waals surface area contributed by atoms with Gasteiger partial charge in [-0.3, -0.25) is 9.59 Å². The molecule has 2 N–H and O–H groups in total. The van der Waals surface area contributed by atoms with E-state index in [1.165, 1.54) is 0 Å². The first-order valence-corrected chi connectivity index (χ1v) is 9.62. The molecule has 0 bridgehead atoms. The fourth-order valence-electron chi connectivity index (χ4n) is 2.73. The van der Waals surface area contributed by atoms with Crippen molar-refractivity contribution in [3.05, 3.63) is 54.1 Å². The van der Waals surface area contributed by atoms with Crippen molar-refractivity contribution in [2.24, 2.45) is 0 Å². The second kappa shape index (κ2) is 10.3. The Morgan fingerprint density at radius 1 is 1.00 bits per heavy atom. The van der Waals surface area contributed by atoms with Gasteiger partial charge in [0.1, 0.15) is 5.75 Å². The third kappa shape index (κ3) is 6.30. The fourth-order valence-corrected chi connectivity index (χ4v) is 2.73. The summed E-state index contributed by atoms with van der Waals surface area (Å²) in [6.07, 6.45) is 0.0733. The van der Waals surface area contributed by atoms with Crippen LogP contribution in [0.3, 0.4) is 0 Å². The molecular formula is C22H29N3O3. The zero-order valence-electron chi connectivity index (χ0n) is 17.0. The summed E-state index contributed by atoms with van der Waals surface area (Å²) in [5.41, 5.74) is 2.11. The van der Waals surface area contributed by atoms with E-state index in [4.69, 9.17) is 4.74 Å². The maximum Gasteiger partial charge on any atom is 0.253 e. The highest BCUT2D eigenvalue weighted by Crippen LogP contribution is 2.18. The Bertz CT molecular complexity index is 784. The third-order valence-electron chi connectivity index (χ3n) is 4.13. The lowest BCUT2D eigenvalue weighted by Crippen LogP contribution is -2.30. The molecule has 6 nitrogen and oxygen atoms in total. The first-order chi connectivity index (χ1) is 13.4. The molecule has 2 amide bonds. The highest BCUT2D eigenvalue weighted by Gasteiger charge is 2.12. The monoisotopic (exact) mass is 383 g/mol. The van der Waals surface area contributed by atoms with Gasteiger partial charge in [0, 0.05) is 36.1 Å². The number of nitrogens with one attached hydrogen (secondary N) is 2. The van der Waals surface area contributed by atoms with Crippen LogP contribution in [0.25, 0.3) is 0 Å². The number of hydrogen-bond acceptors (Lipinski definition) is 4. The van der Waals surface area contributed by atoms with E-state index in [9.17, 15) is 9.59 Å². The van der Waals surface area contributed by atoms with Gasteiger partial charge in [0.05, 0.1) is 12.6 Å². The van der Waals surface area contributed by atoms with E-state index in [1.54, 1.807) is 35.2 Å². The van der Waals surface area contributed by atoms with E-state index in [0.29, 0.717) is 30.1 Å². The number of ether oxygens (including phenoxy) is 1. The molecule has 0 unspecified atom stereocenters. The predicted octanol–water partition coefficient (Wildman–Crippen LogP) is 4.01. The molecule has 28 heavy (non-hydrogen) atoms. The molecule has 150 valence electrons. The lowest BCUT2D eigenvalue weighted by Gasteiger charge is -2.18. The summed E-state index contributed by atoms with van der Waals surface area (Å²) in [5, 5.41) is 5.91. The van der Waals surface area contributed by atoms with E-state index in [-0.39, 0.29) is 24.5 Å². The Morgan fingerprint density at radius 3 is 2.29 bits per heavy atom. The first-order valence-electron chi connectivity index (χ1n) is 9.62. The SMILES string of the molecule is CCN(CC)C(=O)c1ccc(NCC(=O)Nc2cccc(OC(C)C)c2)cc1. The van der Waals surface area contributed by atoms with Crippen molar-refractivity contribution >= 4 is 23.2 Å². The second-order valence-electron chi connectivity index (χ2n) is 6.65. The first kappa shape index (κ1) is 21.3. The van der Waals surface area contributed by atoms with Crippen molar-refractivity contribution in [3.63, 3.8) is 0 Å². The number of carbonyl (C=O) groups is 2. The van der Waals surface area contributed by atoms with Crippen LogP contribution in [-0.2, 0) is 4.79 Å². The standard InChI is InChI=1S/C22H29N3O3/c1-5-25(6-2)22(27)17-10-12-18(13-11-17)23-15-21(26)24-19-8-7-9-20(14-19)28-16(3)4/h7-14,16,23H,5-6,15H2,1-4H3,(H,24,26). The molecule has 0 aliphatic carbocycles. The maximum atomic E-state index is 12.3. The third-order valence-corrected chi connectivity index (χ3v) is 4.13. The summed E-state index contributed by atoms with van der Waals surface area (Å²) in [4.78, 5) is 26.3. The number of nitrogens with zero attached hydrogens (tertiary/aromatic N) is 1. The van der Waals surface area contributed by atoms with Crippen molar-refractivity contribution in [1.29, 1.82) is 0 Å². The van der Waals surface area contributed by atoms with Crippen LogP contribution in [0.4, 0.5) is 11.4 Å². The molecule has 0 saturated heterocycles. The minimum Gasteiger partial charge on any atom is -0.491 e. The molecule has 2 aromatic carbocycles. The van der Waals surface area contributed by atoms with E-state index in [2.05, 4.69) is 10.6 Å². The van der Waals surface area contributed by atoms with E-state index >= 15 is 0 Å². The second-order valence-corrected chi connectivity index (χ2v) is 6.65. The highest BCUT2D eigenvalue weighted by atomic mass is 16.5. The normalized spacial score (nSPS) is 10.5. The average Bonchev–Trinajstić information content (AvgIpc) is 2.67. The Hall–Kier alpha value is -3.02.